The van der Waals surface area contributed by atoms with Crippen molar-refractivity contribution in [2.75, 3.05) is 6.61 Å². The lowest BCUT2D eigenvalue weighted by Crippen LogP contribution is -2.12. The van der Waals surface area contributed by atoms with Crippen LogP contribution in [-0.2, 0) is 7.05 Å². The summed E-state index contributed by atoms with van der Waals surface area (Å²) in [6.07, 6.45) is 3.21. The van der Waals surface area contributed by atoms with Crippen LogP contribution in [-0.4, -0.2) is 21.9 Å². The molecule has 1 heterocycles. The van der Waals surface area contributed by atoms with E-state index in [1.165, 1.54) is 0 Å². The number of nitrogens with zero attached hydrogens (tertiary/aromatic N) is 2. The highest BCUT2D eigenvalue weighted by Gasteiger charge is 2.20. The van der Waals surface area contributed by atoms with Crippen molar-refractivity contribution >= 4 is 11.5 Å². The summed E-state index contributed by atoms with van der Waals surface area (Å²) in [4.78, 5) is 21.1. The first-order valence-electron chi connectivity index (χ1n) is 5.80. The molecule has 0 unspecified atom stereocenters. The molecule has 0 aliphatic rings. The van der Waals surface area contributed by atoms with Crippen molar-refractivity contribution in [2.45, 2.75) is 0 Å². The summed E-state index contributed by atoms with van der Waals surface area (Å²) in [7, 11) is 1.73. The van der Waals surface area contributed by atoms with Gasteiger partial charge in [-0.25, -0.2) is 4.39 Å². The average Bonchev–Trinajstić information content (AvgIpc) is 2.85. The number of ether oxygens (including phenoxy) is 1. The molecule has 6 nitrogen and oxygen atoms in total. The molecule has 0 saturated carbocycles. The van der Waals surface area contributed by atoms with E-state index in [1.807, 2.05) is 0 Å². The van der Waals surface area contributed by atoms with Gasteiger partial charge < -0.3 is 9.30 Å². The number of ketones is 1. The van der Waals surface area contributed by atoms with Gasteiger partial charge in [0.15, 0.2) is 18.2 Å². The van der Waals surface area contributed by atoms with Gasteiger partial charge in [-0.3, -0.25) is 14.9 Å². The third-order valence-corrected chi connectivity index (χ3v) is 2.71. The van der Waals surface area contributed by atoms with E-state index in [1.54, 1.807) is 30.1 Å². The minimum absolute atomic E-state index is 0.361. The average molecular weight is 296 g/mol. The van der Waals surface area contributed by atoms with Crippen molar-refractivity contribution in [1.29, 1.82) is 0 Å². The number of rotatable bonds is 5. The number of benzene rings is 1. The van der Waals surface area contributed by atoms with Crippen LogP contribution in [0.15, 0.2) is 30.6 Å². The van der Waals surface area contributed by atoms with Crippen LogP contribution in [0.5, 0.6) is 5.75 Å². The molecule has 2 rings (SSSR count). The van der Waals surface area contributed by atoms with Crippen molar-refractivity contribution in [1.82, 2.24) is 4.57 Å². The van der Waals surface area contributed by atoms with Gasteiger partial charge in [0.25, 0.3) is 0 Å². The Morgan fingerprint density at radius 2 is 2.10 bits per heavy atom. The molecule has 0 amide bonds. The number of carbonyl (C=O) groups excluding carboxylic acids is 1. The predicted molar refractivity (Wildman–Crippen MR) is 68.3 cm³/mol. The molecule has 8 heteroatoms. The van der Waals surface area contributed by atoms with Crippen LogP contribution in [0.4, 0.5) is 14.5 Å². The third-order valence-electron chi connectivity index (χ3n) is 2.71. The van der Waals surface area contributed by atoms with Gasteiger partial charge in [-0.15, -0.1) is 0 Å². The molecule has 2 aromatic rings. The molecule has 1 aromatic carbocycles. The second-order valence-corrected chi connectivity index (χ2v) is 4.27. The molecule has 0 aliphatic heterocycles. The Hall–Kier alpha value is -2.77. The van der Waals surface area contributed by atoms with Crippen molar-refractivity contribution < 1.29 is 23.2 Å². The quantitative estimate of drug-likeness (QED) is 0.482. The fourth-order valence-corrected chi connectivity index (χ4v) is 1.66. The van der Waals surface area contributed by atoms with Crippen molar-refractivity contribution in [3.63, 3.8) is 0 Å². The molecule has 0 spiro atoms. The Bertz CT molecular complexity index is 712. The van der Waals surface area contributed by atoms with Gasteiger partial charge in [0.2, 0.25) is 11.6 Å². The van der Waals surface area contributed by atoms with E-state index in [-0.39, 0.29) is 0 Å². The summed E-state index contributed by atoms with van der Waals surface area (Å²) in [5, 5.41) is 10.4. The fourth-order valence-electron chi connectivity index (χ4n) is 1.66. The molecule has 0 fully saturated rings. The molecule has 0 saturated heterocycles. The van der Waals surface area contributed by atoms with E-state index in [0.29, 0.717) is 17.7 Å². The Morgan fingerprint density at radius 3 is 2.67 bits per heavy atom. The molecule has 110 valence electrons. The van der Waals surface area contributed by atoms with E-state index in [9.17, 15) is 23.7 Å². The van der Waals surface area contributed by atoms with Crippen LogP contribution in [0.25, 0.3) is 0 Å². The zero-order valence-corrected chi connectivity index (χ0v) is 10.9. The van der Waals surface area contributed by atoms with E-state index < -0.39 is 40.4 Å². The number of nitro groups is 1. The molecule has 0 atom stereocenters. The normalized spacial score (nSPS) is 10.4. The van der Waals surface area contributed by atoms with E-state index >= 15 is 0 Å². The zero-order chi connectivity index (χ0) is 15.6. The first-order chi connectivity index (χ1) is 9.88. The Labute approximate surface area is 117 Å². The summed E-state index contributed by atoms with van der Waals surface area (Å²) in [6.45, 7) is -0.502. The maximum absolute atomic E-state index is 13.5. The van der Waals surface area contributed by atoms with Crippen LogP contribution in [0.3, 0.4) is 0 Å². The topological polar surface area (TPSA) is 74.4 Å². The van der Waals surface area contributed by atoms with Crippen molar-refractivity contribution in [3.05, 3.63) is 57.9 Å². The lowest BCUT2D eigenvalue weighted by molar-refractivity contribution is -0.387. The Morgan fingerprint density at radius 1 is 1.38 bits per heavy atom. The number of halogens is 2. The second kappa shape index (κ2) is 5.70. The standard InChI is InChI=1S/C13H10F2N2O4/c1-16-3-2-8(6-16)12(18)7-21-13-5-9(14)11(17(19)20)4-10(13)15/h2-6H,7H2,1H3. The number of aromatic nitrogens is 1. The van der Waals surface area contributed by atoms with Gasteiger partial charge in [-0.05, 0) is 6.07 Å². The van der Waals surface area contributed by atoms with Crippen molar-refractivity contribution in [2.24, 2.45) is 7.05 Å². The summed E-state index contributed by atoms with van der Waals surface area (Å²) in [6, 6.07) is 2.52. The summed E-state index contributed by atoms with van der Waals surface area (Å²) in [5.41, 5.74) is -0.630. The number of hydrogen-bond donors (Lipinski definition) is 0. The lowest BCUT2D eigenvalue weighted by atomic mass is 10.2. The second-order valence-electron chi connectivity index (χ2n) is 4.27. The predicted octanol–water partition coefficient (Wildman–Crippen LogP) is 2.47. The third kappa shape index (κ3) is 3.22. The number of nitro benzene ring substituents is 1. The molecule has 0 radical (unpaired) electrons. The number of hydrogen-bond acceptors (Lipinski definition) is 4. The maximum atomic E-state index is 13.5. The van der Waals surface area contributed by atoms with Gasteiger partial charge in [0, 0.05) is 31.1 Å². The first kappa shape index (κ1) is 14.6. The number of carbonyl (C=O) groups is 1. The van der Waals surface area contributed by atoms with Gasteiger partial charge in [-0.1, -0.05) is 0 Å². The monoisotopic (exact) mass is 296 g/mol. The minimum atomic E-state index is -1.23. The maximum Gasteiger partial charge on any atom is 0.307 e. The summed E-state index contributed by atoms with van der Waals surface area (Å²) in [5.74, 6) is -3.32. The van der Waals surface area contributed by atoms with Crippen LogP contribution >= 0.6 is 0 Å². The fraction of sp³-hybridized carbons (Fsp3) is 0.154. The highest BCUT2D eigenvalue weighted by Crippen LogP contribution is 2.26. The molecule has 21 heavy (non-hydrogen) atoms. The first-order valence-corrected chi connectivity index (χ1v) is 5.80. The molecular weight excluding hydrogens is 286 g/mol. The van der Waals surface area contributed by atoms with Gasteiger partial charge in [0.1, 0.15) is 0 Å². The van der Waals surface area contributed by atoms with Gasteiger partial charge in [-0.2, -0.15) is 4.39 Å². The highest BCUT2D eigenvalue weighted by molar-refractivity contribution is 5.97. The minimum Gasteiger partial charge on any atom is -0.482 e. The Kier molecular flexibility index (Phi) is 3.97. The summed E-state index contributed by atoms with van der Waals surface area (Å²) < 4.78 is 33.4. The van der Waals surface area contributed by atoms with Crippen LogP contribution in [0.2, 0.25) is 0 Å². The van der Waals surface area contributed by atoms with Gasteiger partial charge >= 0.3 is 5.69 Å². The molecule has 0 aliphatic carbocycles. The van der Waals surface area contributed by atoms with E-state index in [0.717, 1.165) is 0 Å². The van der Waals surface area contributed by atoms with Crippen molar-refractivity contribution in [3.8, 4) is 5.75 Å². The molecule has 0 N–H and O–H groups in total. The van der Waals surface area contributed by atoms with E-state index in [2.05, 4.69) is 0 Å². The van der Waals surface area contributed by atoms with Gasteiger partial charge in [0.05, 0.1) is 11.0 Å². The Balaban J connectivity index is 2.12. The largest absolute Gasteiger partial charge is 0.482 e. The van der Waals surface area contributed by atoms with E-state index in [4.69, 9.17) is 4.74 Å². The lowest BCUT2D eigenvalue weighted by Gasteiger charge is -2.06. The molecule has 1 aromatic heterocycles. The van der Waals surface area contributed by atoms with Crippen LogP contribution in [0.1, 0.15) is 10.4 Å². The zero-order valence-electron chi connectivity index (χ0n) is 10.9. The highest BCUT2D eigenvalue weighted by atomic mass is 19.1. The summed E-state index contributed by atoms with van der Waals surface area (Å²) >= 11 is 0. The molecule has 0 bridgehead atoms. The number of aryl methyl sites for hydroxylation is 1. The molecular formula is C13H10F2N2O4. The van der Waals surface area contributed by atoms with Crippen LogP contribution < -0.4 is 4.74 Å². The SMILES string of the molecule is Cn1ccc(C(=O)COc2cc(F)c([N+](=O)[O-])cc2F)c1. The van der Waals surface area contributed by atoms with Crippen LogP contribution in [0, 0.1) is 21.7 Å². The number of Topliss-reactive ketones (excluding diaryl/α,β-unsaturated/α-hetero) is 1. The smallest absolute Gasteiger partial charge is 0.307 e.